The van der Waals surface area contributed by atoms with Gasteiger partial charge in [0.2, 0.25) is 0 Å². The lowest BCUT2D eigenvalue weighted by Gasteiger charge is -2.23. The Labute approximate surface area is 337 Å². The van der Waals surface area contributed by atoms with Crippen molar-refractivity contribution in [2.24, 2.45) is 9.98 Å². The number of thiophene rings is 2. The van der Waals surface area contributed by atoms with E-state index in [1.807, 2.05) is 34.8 Å². The van der Waals surface area contributed by atoms with Crippen LogP contribution in [0.1, 0.15) is 40.5 Å². The number of aryl methyl sites for hydroxylation is 1. The number of fused-ring (bicyclic) bond motifs is 9. The zero-order chi connectivity index (χ0) is 37.5. The van der Waals surface area contributed by atoms with Gasteiger partial charge in [-0.1, -0.05) is 140 Å². The standard InChI is InChI=1S/C51H34N4S2/c1-3-14-31(15-4-1)49-52-50(32-16-5-2-6-17-32)54-51(53-49)42-25-13-24-41-40-23-12-22-39(47(40)57-48(41)42)38-21-11-20-37-36-29-28-33(30-45(36)56-46(37)38)55-43-26-9-7-18-34(43)35-19-8-10-27-44(35)55/h1-7,9-18,20-30,49H,8,19H2,(H,52,53,54). The van der Waals surface area contributed by atoms with Crippen LogP contribution in [0.2, 0.25) is 0 Å². The molecule has 1 aliphatic heterocycles. The van der Waals surface area contributed by atoms with Crippen molar-refractivity contribution in [1.29, 1.82) is 0 Å². The van der Waals surface area contributed by atoms with Gasteiger partial charge in [-0.15, -0.1) is 22.7 Å². The third-order valence-corrected chi connectivity index (χ3v) is 14.0. The van der Waals surface area contributed by atoms with Crippen LogP contribution in [-0.2, 0) is 6.42 Å². The van der Waals surface area contributed by atoms with E-state index in [4.69, 9.17) is 9.98 Å². The minimum absolute atomic E-state index is 0.252. The van der Waals surface area contributed by atoms with Crippen molar-refractivity contribution in [3.05, 3.63) is 192 Å². The largest absolute Gasteiger partial charge is 0.344 e. The minimum atomic E-state index is -0.252. The number of aromatic nitrogens is 1. The molecule has 0 bridgehead atoms. The van der Waals surface area contributed by atoms with Gasteiger partial charge in [-0.05, 0) is 54.3 Å². The Kier molecular flexibility index (Phi) is 7.43. The average Bonchev–Trinajstić information content (AvgIpc) is 3.96. The molecular weight excluding hydrogens is 733 g/mol. The van der Waals surface area contributed by atoms with E-state index in [2.05, 4.69) is 168 Å². The zero-order valence-electron chi connectivity index (χ0n) is 30.8. The highest BCUT2D eigenvalue weighted by atomic mass is 32.1. The van der Waals surface area contributed by atoms with E-state index in [0.29, 0.717) is 0 Å². The van der Waals surface area contributed by atoms with Gasteiger partial charge in [-0.25, -0.2) is 9.98 Å². The molecule has 0 saturated heterocycles. The van der Waals surface area contributed by atoms with Crippen molar-refractivity contribution in [2.45, 2.75) is 19.0 Å². The smallest absolute Gasteiger partial charge is 0.160 e. The average molecular weight is 767 g/mol. The van der Waals surface area contributed by atoms with Crippen LogP contribution < -0.4 is 5.32 Å². The lowest BCUT2D eigenvalue weighted by Crippen LogP contribution is -2.33. The molecule has 0 radical (unpaired) electrons. The number of nitrogens with zero attached hydrogens (tertiary/aromatic N) is 3. The molecule has 4 heterocycles. The van der Waals surface area contributed by atoms with Gasteiger partial charge in [0.1, 0.15) is 12.0 Å². The van der Waals surface area contributed by atoms with E-state index in [-0.39, 0.29) is 6.17 Å². The fourth-order valence-electron chi connectivity index (χ4n) is 8.93. The Balaban J connectivity index is 1.01. The third-order valence-electron chi connectivity index (χ3n) is 11.6. The summed E-state index contributed by atoms with van der Waals surface area (Å²) in [6.45, 7) is 0. The lowest BCUT2D eigenvalue weighted by atomic mass is 10.00. The summed E-state index contributed by atoms with van der Waals surface area (Å²) in [6.07, 6.45) is 6.56. The van der Waals surface area contributed by atoms with E-state index < -0.39 is 0 Å². The summed E-state index contributed by atoms with van der Waals surface area (Å²) in [5.74, 6) is 1.57. The van der Waals surface area contributed by atoms with Crippen molar-refractivity contribution < 1.29 is 0 Å². The monoisotopic (exact) mass is 766 g/mol. The molecule has 4 nitrogen and oxygen atoms in total. The molecule has 6 heteroatoms. The minimum Gasteiger partial charge on any atom is -0.344 e. The van der Waals surface area contributed by atoms with Crippen molar-refractivity contribution in [3.63, 3.8) is 0 Å². The second-order valence-electron chi connectivity index (χ2n) is 14.8. The molecule has 0 saturated carbocycles. The number of rotatable bonds is 5. The maximum absolute atomic E-state index is 5.25. The fourth-order valence-corrected chi connectivity index (χ4v) is 11.5. The van der Waals surface area contributed by atoms with Crippen LogP contribution in [-0.4, -0.2) is 16.2 Å². The first kappa shape index (κ1) is 32.6. The second kappa shape index (κ2) is 13.0. The van der Waals surface area contributed by atoms with Gasteiger partial charge >= 0.3 is 0 Å². The summed E-state index contributed by atoms with van der Waals surface area (Å²) in [6, 6.07) is 56.9. The van der Waals surface area contributed by atoms with E-state index in [9.17, 15) is 0 Å². The predicted octanol–water partition coefficient (Wildman–Crippen LogP) is 13.5. The van der Waals surface area contributed by atoms with Crippen LogP contribution in [0.25, 0.3) is 74.1 Å². The first-order chi connectivity index (χ1) is 28.3. The molecule has 7 aromatic carbocycles. The number of benzene rings is 7. The number of aliphatic imine (C=N–C) groups is 2. The highest BCUT2D eigenvalue weighted by Crippen LogP contribution is 2.47. The van der Waals surface area contributed by atoms with Gasteiger partial charge in [0.15, 0.2) is 5.84 Å². The van der Waals surface area contributed by atoms with E-state index >= 15 is 0 Å². The summed E-state index contributed by atoms with van der Waals surface area (Å²) < 4.78 is 7.57. The zero-order valence-corrected chi connectivity index (χ0v) is 32.4. The molecule has 2 aliphatic rings. The Morgan fingerprint density at radius 1 is 0.579 bits per heavy atom. The van der Waals surface area contributed by atoms with Crippen LogP contribution in [0.4, 0.5) is 0 Å². The first-order valence-electron chi connectivity index (χ1n) is 19.5. The Morgan fingerprint density at radius 3 is 2.02 bits per heavy atom. The number of hydrogen-bond donors (Lipinski definition) is 1. The highest BCUT2D eigenvalue weighted by Gasteiger charge is 2.24. The Bertz CT molecular complexity index is 3330. The molecular formula is C51H34N4S2. The number of amidine groups is 2. The summed E-state index contributed by atoms with van der Waals surface area (Å²) >= 11 is 3.76. The third kappa shape index (κ3) is 5.18. The normalized spacial score (nSPS) is 15.3. The van der Waals surface area contributed by atoms with Crippen LogP contribution in [0.5, 0.6) is 0 Å². The molecule has 3 aromatic heterocycles. The van der Waals surface area contributed by atoms with Gasteiger partial charge in [-0.3, -0.25) is 0 Å². The molecule has 1 atom stereocenters. The van der Waals surface area contributed by atoms with E-state index in [0.717, 1.165) is 41.2 Å². The molecule has 57 heavy (non-hydrogen) atoms. The summed E-state index contributed by atoms with van der Waals surface area (Å²) in [5.41, 5.74) is 11.0. The Hall–Kier alpha value is -6.60. The highest BCUT2D eigenvalue weighted by molar-refractivity contribution is 7.27. The van der Waals surface area contributed by atoms with Crippen LogP contribution in [0.15, 0.2) is 174 Å². The summed E-state index contributed by atoms with van der Waals surface area (Å²) in [7, 11) is 0. The molecule has 0 amide bonds. The molecule has 10 aromatic rings. The van der Waals surface area contributed by atoms with Crippen molar-refractivity contribution in [2.75, 3.05) is 0 Å². The SMILES string of the molecule is C1=Cc2c(c3ccccc3n2-c2ccc3c(c2)sc2c(-c4cccc5c4sc4c(C6=NC(c7ccccc7)NC(c7ccccc7)=N6)cccc45)cccc23)CC1. The van der Waals surface area contributed by atoms with E-state index in [1.165, 1.54) is 79.3 Å². The van der Waals surface area contributed by atoms with Crippen molar-refractivity contribution in [3.8, 4) is 16.8 Å². The molecule has 1 aliphatic carbocycles. The van der Waals surface area contributed by atoms with Crippen molar-refractivity contribution >= 4 is 91.7 Å². The van der Waals surface area contributed by atoms with E-state index in [1.54, 1.807) is 0 Å². The van der Waals surface area contributed by atoms with Gasteiger partial charge in [0, 0.05) is 79.4 Å². The van der Waals surface area contributed by atoms with Crippen molar-refractivity contribution in [1.82, 2.24) is 9.88 Å². The molecule has 0 spiro atoms. The number of allylic oxidation sites excluding steroid dienone is 1. The Morgan fingerprint density at radius 2 is 1.23 bits per heavy atom. The molecule has 12 rings (SSSR count). The summed E-state index contributed by atoms with van der Waals surface area (Å²) in [4.78, 5) is 10.4. The predicted molar refractivity (Wildman–Crippen MR) is 244 cm³/mol. The fraction of sp³-hybridized carbons (Fsp3) is 0.0588. The number of nitrogens with one attached hydrogen (secondary N) is 1. The number of hydrogen-bond acceptors (Lipinski definition) is 5. The maximum atomic E-state index is 5.25. The number of para-hydroxylation sites is 1. The second-order valence-corrected chi connectivity index (χ2v) is 16.9. The van der Waals surface area contributed by atoms with Crippen LogP contribution in [0.3, 0.4) is 0 Å². The van der Waals surface area contributed by atoms with Crippen LogP contribution >= 0.6 is 22.7 Å². The molecule has 1 N–H and O–H groups in total. The molecule has 270 valence electrons. The van der Waals surface area contributed by atoms with Gasteiger partial charge < -0.3 is 9.88 Å². The summed E-state index contributed by atoms with van der Waals surface area (Å²) in [5, 5.41) is 10.1. The quantitative estimate of drug-likeness (QED) is 0.186. The maximum Gasteiger partial charge on any atom is 0.160 e. The van der Waals surface area contributed by atoms with Gasteiger partial charge in [0.05, 0.1) is 5.52 Å². The topological polar surface area (TPSA) is 41.7 Å². The van der Waals surface area contributed by atoms with Crippen LogP contribution in [0, 0.1) is 0 Å². The molecule has 1 unspecified atom stereocenters. The van der Waals surface area contributed by atoms with Gasteiger partial charge in [0.25, 0.3) is 0 Å². The van der Waals surface area contributed by atoms with Gasteiger partial charge in [-0.2, -0.15) is 0 Å². The first-order valence-corrected chi connectivity index (χ1v) is 21.1. The lowest BCUT2D eigenvalue weighted by molar-refractivity contribution is 0.674. The molecule has 0 fully saturated rings.